The molecule has 1 aromatic carbocycles. The zero-order chi connectivity index (χ0) is 10.2. The van der Waals surface area contributed by atoms with Crippen molar-refractivity contribution in [3.63, 3.8) is 0 Å². The van der Waals surface area contributed by atoms with E-state index in [-0.39, 0.29) is 12.4 Å². The zero-order valence-electron chi connectivity index (χ0n) is 8.49. The third-order valence-electron chi connectivity index (χ3n) is 1.60. The maximum absolute atomic E-state index is 5.39. The summed E-state index contributed by atoms with van der Waals surface area (Å²) < 4.78 is 10.8. The molecule has 1 rings (SSSR count). The summed E-state index contributed by atoms with van der Waals surface area (Å²) >= 11 is 0. The number of hydrogen-bond acceptors (Lipinski definition) is 4. The first-order chi connectivity index (χ1) is 6.88. The highest BCUT2D eigenvalue weighted by molar-refractivity contribution is 5.39. The van der Waals surface area contributed by atoms with Crippen LogP contribution in [0.2, 0.25) is 0 Å². The van der Waals surface area contributed by atoms with E-state index >= 15 is 0 Å². The quantitative estimate of drug-likeness (QED) is 0.562. The van der Waals surface area contributed by atoms with Gasteiger partial charge in [0.1, 0.15) is 13.2 Å². The molecule has 0 atom stereocenters. The Labute approximate surface area is 96.0 Å². The van der Waals surface area contributed by atoms with Crippen molar-refractivity contribution in [2.75, 3.05) is 26.3 Å². The highest BCUT2D eigenvalue weighted by Crippen LogP contribution is 2.25. The van der Waals surface area contributed by atoms with Gasteiger partial charge in [0.25, 0.3) is 0 Å². The van der Waals surface area contributed by atoms with E-state index in [1.807, 2.05) is 24.3 Å². The molecule has 15 heavy (non-hydrogen) atoms. The molecule has 5 heteroatoms. The first-order valence-electron chi connectivity index (χ1n) is 4.63. The molecule has 0 aromatic heterocycles. The topological polar surface area (TPSA) is 70.5 Å². The predicted octanol–water partition coefficient (Wildman–Crippen LogP) is -2.63. The number of hydrogen-bond donors (Lipinski definition) is 2. The lowest BCUT2D eigenvalue weighted by Crippen LogP contribution is -3.00. The smallest absolute Gasteiger partial charge is 0.161 e. The minimum absolute atomic E-state index is 0. The second-order valence-electron chi connectivity index (χ2n) is 2.72. The third-order valence-corrected chi connectivity index (χ3v) is 1.60. The minimum atomic E-state index is 0. The average molecular weight is 232 g/mol. The van der Waals surface area contributed by atoms with E-state index in [1.54, 1.807) is 0 Å². The van der Waals surface area contributed by atoms with Crippen LogP contribution in [0.3, 0.4) is 0 Å². The molecule has 86 valence electrons. The Balaban J connectivity index is 0.00000196. The van der Waals surface area contributed by atoms with Crippen molar-refractivity contribution >= 4 is 0 Å². The fourth-order valence-electron chi connectivity index (χ4n) is 1.03. The van der Waals surface area contributed by atoms with E-state index in [4.69, 9.17) is 20.9 Å². The zero-order valence-corrected chi connectivity index (χ0v) is 9.24. The lowest BCUT2D eigenvalue weighted by Gasteiger charge is -2.10. The molecule has 0 spiro atoms. The number of rotatable bonds is 6. The molecule has 0 bridgehead atoms. The second-order valence-corrected chi connectivity index (χ2v) is 2.72. The van der Waals surface area contributed by atoms with Crippen LogP contribution in [-0.4, -0.2) is 26.3 Å². The molecule has 4 nitrogen and oxygen atoms in total. The fraction of sp³-hybridized carbons (Fsp3) is 0.400. The summed E-state index contributed by atoms with van der Waals surface area (Å²) in [6, 6.07) is 7.48. The van der Waals surface area contributed by atoms with Crippen molar-refractivity contribution in [2.24, 2.45) is 11.5 Å². The molecule has 0 unspecified atom stereocenters. The van der Waals surface area contributed by atoms with Gasteiger partial charge < -0.3 is 33.3 Å². The van der Waals surface area contributed by atoms with Crippen molar-refractivity contribution < 1.29 is 21.9 Å². The van der Waals surface area contributed by atoms with Crippen LogP contribution in [-0.2, 0) is 0 Å². The van der Waals surface area contributed by atoms with Gasteiger partial charge in [0.05, 0.1) is 0 Å². The molecule has 0 saturated heterocycles. The van der Waals surface area contributed by atoms with Gasteiger partial charge in [0, 0.05) is 13.1 Å². The molecule has 4 N–H and O–H groups in total. The van der Waals surface area contributed by atoms with Gasteiger partial charge in [-0.25, -0.2) is 0 Å². The van der Waals surface area contributed by atoms with Gasteiger partial charge in [-0.1, -0.05) is 12.1 Å². The highest BCUT2D eigenvalue weighted by Gasteiger charge is 2.02. The summed E-state index contributed by atoms with van der Waals surface area (Å²) in [6.45, 7) is 1.96. The summed E-state index contributed by atoms with van der Waals surface area (Å²) in [6.07, 6.45) is 0. The van der Waals surface area contributed by atoms with Crippen LogP contribution in [0.1, 0.15) is 0 Å². The summed E-state index contributed by atoms with van der Waals surface area (Å²) in [5.74, 6) is 1.43. The Kier molecular flexibility index (Phi) is 7.81. The van der Waals surface area contributed by atoms with E-state index in [9.17, 15) is 0 Å². The van der Waals surface area contributed by atoms with Crippen molar-refractivity contribution in [3.05, 3.63) is 24.3 Å². The molecule has 0 amide bonds. The third kappa shape index (κ3) is 4.88. The maximum atomic E-state index is 5.39. The largest absolute Gasteiger partial charge is 1.00 e. The lowest BCUT2D eigenvalue weighted by atomic mass is 10.3. The first kappa shape index (κ1) is 14.0. The Hall–Kier alpha value is -0.970. The van der Waals surface area contributed by atoms with Crippen LogP contribution in [0.15, 0.2) is 24.3 Å². The van der Waals surface area contributed by atoms with E-state index in [2.05, 4.69) is 0 Å². The predicted molar refractivity (Wildman–Crippen MR) is 55.5 cm³/mol. The molecule has 0 aliphatic rings. The molecular weight excluding hydrogens is 216 g/mol. The molecule has 0 fully saturated rings. The van der Waals surface area contributed by atoms with Crippen molar-refractivity contribution in [1.82, 2.24) is 0 Å². The van der Waals surface area contributed by atoms with E-state index in [0.717, 1.165) is 0 Å². The number of ether oxygens (including phenoxy) is 2. The Morgan fingerprint density at radius 3 is 1.60 bits per heavy atom. The number of para-hydroxylation sites is 2. The number of benzene rings is 1. The van der Waals surface area contributed by atoms with Gasteiger partial charge in [-0.2, -0.15) is 0 Å². The van der Waals surface area contributed by atoms with E-state index in [1.165, 1.54) is 0 Å². The van der Waals surface area contributed by atoms with Gasteiger partial charge in [-0.3, -0.25) is 0 Å². The van der Waals surface area contributed by atoms with Crippen LogP contribution in [0.25, 0.3) is 0 Å². The van der Waals surface area contributed by atoms with Gasteiger partial charge in [-0.15, -0.1) is 0 Å². The van der Waals surface area contributed by atoms with Crippen molar-refractivity contribution in [1.29, 1.82) is 0 Å². The summed E-state index contributed by atoms with van der Waals surface area (Å²) in [5.41, 5.74) is 10.7. The van der Waals surface area contributed by atoms with Gasteiger partial charge in [0.2, 0.25) is 0 Å². The Bertz CT molecular complexity index is 244. The molecule has 0 heterocycles. The van der Waals surface area contributed by atoms with E-state index < -0.39 is 0 Å². The minimum Gasteiger partial charge on any atom is -1.00 e. The molecule has 0 radical (unpaired) electrons. The fourth-order valence-corrected chi connectivity index (χ4v) is 1.03. The molecule has 0 aliphatic heterocycles. The van der Waals surface area contributed by atoms with Crippen molar-refractivity contribution in [3.8, 4) is 11.5 Å². The van der Waals surface area contributed by atoms with Crippen LogP contribution < -0.4 is 33.3 Å². The van der Waals surface area contributed by atoms with Crippen LogP contribution in [0.5, 0.6) is 11.5 Å². The molecule has 1 aromatic rings. The Morgan fingerprint density at radius 1 is 0.867 bits per heavy atom. The maximum Gasteiger partial charge on any atom is 0.161 e. The highest BCUT2D eigenvalue weighted by atomic mass is 35.5. The van der Waals surface area contributed by atoms with Gasteiger partial charge in [0.15, 0.2) is 11.5 Å². The summed E-state index contributed by atoms with van der Waals surface area (Å²) in [7, 11) is 0. The van der Waals surface area contributed by atoms with Crippen LogP contribution in [0.4, 0.5) is 0 Å². The van der Waals surface area contributed by atoms with Crippen LogP contribution >= 0.6 is 0 Å². The molecular formula is C10H16ClN2O2-. The standard InChI is InChI=1S/C10H16N2O2.ClH/c11-5-7-13-9-3-1-2-4-10(9)14-8-6-12;/h1-4H,5-8,11-12H2;1H/p-1. The number of nitrogens with two attached hydrogens (primary N) is 2. The first-order valence-corrected chi connectivity index (χ1v) is 4.63. The second kappa shape index (κ2) is 8.35. The van der Waals surface area contributed by atoms with E-state index in [0.29, 0.717) is 37.8 Å². The normalized spacial score (nSPS) is 9.20. The summed E-state index contributed by atoms with van der Waals surface area (Å²) in [4.78, 5) is 0. The Morgan fingerprint density at radius 2 is 1.27 bits per heavy atom. The number of halogens is 1. The summed E-state index contributed by atoms with van der Waals surface area (Å²) in [5, 5.41) is 0. The molecule has 0 saturated carbocycles. The van der Waals surface area contributed by atoms with Crippen molar-refractivity contribution in [2.45, 2.75) is 0 Å². The van der Waals surface area contributed by atoms with Gasteiger partial charge >= 0.3 is 0 Å². The SMILES string of the molecule is NCCOc1ccccc1OCCN.[Cl-]. The monoisotopic (exact) mass is 231 g/mol. The molecule has 0 aliphatic carbocycles. The van der Waals surface area contributed by atoms with Crippen LogP contribution in [0, 0.1) is 0 Å². The average Bonchev–Trinajstić information content (AvgIpc) is 2.24. The van der Waals surface area contributed by atoms with Gasteiger partial charge in [-0.05, 0) is 12.1 Å². The lowest BCUT2D eigenvalue weighted by molar-refractivity contribution is -0.00000374.